The predicted octanol–water partition coefficient (Wildman–Crippen LogP) is 4.23. The number of piperidine rings is 1. The molecule has 1 aliphatic heterocycles. The molecule has 0 atom stereocenters. The van der Waals surface area contributed by atoms with Gasteiger partial charge < -0.3 is 10.3 Å². The molecule has 2 aromatic rings. The molecule has 0 saturated carbocycles. The molecule has 1 aromatic heterocycles. The van der Waals surface area contributed by atoms with Crippen molar-refractivity contribution < 1.29 is 0 Å². The van der Waals surface area contributed by atoms with E-state index in [1.165, 1.54) is 11.1 Å². The monoisotopic (exact) mass is 341 g/mol. The number of nitrogens with one attached hydrogen (secondary N) is 1. The Morgan fingerprint density at radius 3 is 2.75 bits per heavy atom. The molecule has 0 spiro atoms. The molecule has 126 valence electrons. The Kier molecular flexibility index (Phi) is 5.64. The van der Waals surface area contributed by atoms with Gasteiger partial charge in [0.15, 0.2) is 0 Å². The Balaban J connectivity index is 1.71. The molecule has 0 amide bonds. The van der Waals surface area contributed by atoms with E-state index in [1.807, 2.05) is 30.5 Å². The largest absolute Gasteiger partial charge is 0.306 e. The molecule has 0 radical (unpaired) electrons. The third kappa shape index (κ3) is 4.22. The summed E-state index contributed by atoms with van der Waals surface area (Å²) in [5.74, 6) is 0.334. The highest BCUT2D eigenvalue weighted by atomic mass is 35.5. The van der Waals surface area contributed by atoms with E-state index in [0.29, 0.717) is 11.6 Å². The van der Waals surface area contributed by atoms with Crippen molar-refractivity contribution in [3.05, 3.63) is 64.4 Å². The molecule has 0 bridgehead atoms. The molecular weight excluding hydrogens is 318 g/mol. The van der Waals surface area contributed by atoms with Gasteiger partial charge in [0.1, 0.15) is 0 Å². The second-order valence-corrected chi connectivity index (χ2v) is 7.07. The van der Waals surface area contributed by atoms with Crippen LogP contribution in [0.2, 0.25) is 5.02 Å². The van der Waals surface area contributed by atoms with Crippen LogP contribution in [-0.4, -0.2) is 35.7 Å². The fraction of sp³-hybridized carbons (Fsp3) is 0.400. The topological polar surface area (TPSA) is 40.0 Å². The van der Waals surface area contributed by atoms with Crippen molar-refractivity contribution in [2.75, 3.05) is 20.1 Å². The smallest absolute Gasteiger partial charge is 0.0872 e. The van der Waals surface area contributed by atoms with Gasteiger partial charge in [-0.1, -0.05) is 29.8 Å². The lowest BCUT2D eigenvalue weighted by molar-refractivity contribution is 0.252. The van der Waals surface area contributed by atoms with Crippen molar-refractivity contribution in [1.29, 1.82) is 5.41 Å². The molecule has 1 fully saturated rings. The summed E-state index contributed by atoms with van der Waals surface area (Å²) in [6.45, 7) is 2.13. The first kappa shape index (κ1) is 17.1. The van der Waals surface area contributed by atoms with Crippen LogP contribution in [0.1, 0.15) is 29.7 Å². The van der Waals surface area contributed by atoms with E-state index in [4.69, 9.17) is 17.0 Å². The van der Waals surface area contributed by atoms with Gasteiger partial charge in [-0.3, -0.25) is 4.98 Å². The van der Waals surface area contributed by atoms with Crippen LogP contribution in [0, 0.1) is 11.3 Å². The molecule has 4 heteroatoms. The average molecular weight is 342 g/mol. The molecule has 3 nitrogen and oxygen atoms in total. The highest BCUT2D eigenvalue weighted by Crippen LogP contribution is 2.22. The van der Waals surface area contributed by atoms with Crippen LogP contribution >= 0.6 is 11.6 Å². The van der Waals surface area contributed by atoms with Gasteiger partial charge in [0.2, 0.25) is 0 Å². The van der Waals surface area contributed by atoms with Gasteiger partial charge in [0, 0.05) is 17.1 Å². The fourth-order valence-corrected chi connectivity index (χ4v) is 3.56. The number of aromatic nitrogens is 1. The van der Waals surface area contributed by atoms with E-state index >= 15 is 0 Å². The van der Waals surface area contributed by atoms with Gasteiger partial charge in [-0.2, -0.15) is 0 Å². The van der Waals surface area contributed by atoms with Crippen LogP contribution in [0.4, 0.5) is 0 Å². The number of hydrogen-bond acceptors (Lipinski definition) is 3. The molecule has 24 heavy (non-hydrogen) atoms. The number of aryl methyl sites for hydroxylation is 2. The number of nitrogens with zero attached hydrogens (tertiary/aromatic N) is 2. The van der Waals surface area contributed by atoms with Crippen LogP contribution in [-0.2, 0) is 12.8 Å². The average Bonchev–Trinajstić information content (AvgIpc) is 2.60. The zero-order chi connectivity index (χ0) is 16.9. The molecule has 1 aromatic carbocycles. The molecule has 0 aliphatic carbocycles. The van der Waals surface area contributed by atoms with Crippen LogP contribution < -0.4 is 0 Å². The third-order valence-electron chi connectivity index (χ3n) is 4.85. The number of likely N-dealkylation sites (tertiary alicyclic amines) is 1. The summed E-state index contributed by atoms with van der Waals surface area (Å²) in [7, 11) is 2.15. The molecular formula is C20H24ClN3. The standard InChI is InChI=1S/C20H24ClN3/c1-24-12-9-16(10-13-24)19(22)20-17(5-3-11-23-20)8-7-15-4-2-6-18(21)14-15/h2-6,11,14,16,22H,7-10,12-13H2,1H3. The maximum atomic E-state index is 8.65. The summed E-state index contributed by atoms with van der Waals surface area (Å²) in [4.78, 5) is 6.87. The second kappa shape index (κ2) is 7.91. The SMILES string of the molecule is CN1CCC(C(=N)c2ncccc2CCc2cccc(Cl)c2)CC1. The summed E-state index contributed by atoms with van der Waals surface area (Å²) >= 11 is 6.07. The van der Waals surface area contributed by atoms with E-state index in [2.05, 4.69) is 29.1 Å². The van der Waals surface area contributed by atoms with Crippen molar-refractivity contribution >= 4 is 17.3 Å². The van der Waals surface area contributed by atoms with Crippen LogP contribution in [0.5, 0.6) is 0 Å². The second-order valence-electron chi connectivity index (χ2n) is 6.63. The lowest BCUT2D eigenvalue weighted by Gasteiger charge is -2.29. The number of halogens is 1. The lowest BCUT2D eigenvalue weighted by atomic mass is 9.88. The Morgan fingerprint density at radius 2 is 2.00 bits per heavy atom. The van der Waals surface area contributed by atoms with Crippen molar-refractivity contribution in [3.63, 3.8) is 0 Å². The fourth-order valence-electron chi connectivity index (χ4n) is 3.34. The minimum Gasteiger partial charge on any atom is -0.306 e. The molecule has 1 aliphatic rings. The summed E-state index contributed by atoms with van der Waals surface area (Å²) in [5, 5.41) is 9.42. The number of hydrogen-bond donors (Lipinski definition) is 1. The van der Waals surface area contributed by atoms with Crippen molar-refractivity contribution in [2.24, 2.45) is 5.92 Å². The van der Waals surface area contributed by atoms with Crippen molar-refractivity contribution in [2.45, 2.75) is 25.7 Å². The lowest BCUT2D eigenvalue weighted by Crippen LogP contribution is -2.34. The van der Waals surface area contributed by atoms with E-state index in [0.717, 1.165) is 49.5 Å². The summed E-state index contributed by atoms with van der Waals surface area (Å²) in [5.41, 5.74) is 3.99. The Morgan fingerprint density at radius 1 is 1.21 bits per heavy atom. The van der Waals surface area contributed by atoms with Crippen molar-refractivity contribution in [1.82, 2.24) is 9.88 Å². The molecule has 1 N–H and O–H groups in total. The van der Waals surface area contributed by atoms with E-state index in [1.54, 1.807) is 0 Å². The highest BCUT2D eigenvalue weighted by molar-refractivity contribution is 6.30. The van der Waals surface area contributed by atoms with Gasteiger partial charge in [-0.05, 0) is 75.1 Å². The normalized spacial score (nSPS) is 16.2. The zero-order valence-corrected chi connectivity index (χ0v) is 14.9. The first-order valence-corrected chi connectivity index (χ1v) is 8.97. The Labute approximate surface area is 149 Å². The number of pyridine rings is 1. The predicted molar refractivity (Wildman–Crippen MR) is 100 cm³/mol. The van der Waals surface area contributed by atoms with E-state index in [9.17, 15) is 0 Å². The van der Waals surface area contributed by atoms with Crippen LogP contribution in [0.3, 0.4) is 0 Å². The first-order chi connectivity index (χ1) is 11.6. The summed E-state index contributed by atoms with van der Waals surface area (Å²) < 4.78 is 0. The molecule has 3 rings (SSSR count). The van der Waals surface area contributed by atoms with Crippen LogP contribution in [0.15, 0.2) is 42.6 Å². The molecule has 2 heterocycles. The summed E-state index contributed by atoms with van der Waals surface area (Å²) in [6, 6.07) is 12.1. The van der Waals surface area contributed by atoms with Gasteiger partial charge in [-0.15, -0.1) is 0 Å². The Hall–Kier alpha value is -1.71. The van der Waals surface area contributed by atoms with Gasteiger partial charge in [0.25, 0.3) is 0 Å². The maximum absolute atomic E-state index is 8.65. The molecule has 0 unspecified atom stereocenters. The van der Waals surface area contributed by atoms with Gasteiger partial charge in [-0.25, -0.2) is 0 Å². The van der Waals surface area contributed by atoms with Gasteiger partial charge in [0.05, 0.1) is 11.4 Å². The Bertz CT molecular complexity index is 706. The molecule has 1 saturated heterocycles. The number of benzene rings is 1. The number of rotatable bonds is 5. The first-order valence-electron chi connectivity index (χ1n) is 8.59. The quantitative estimate of drug-likeness (QED) is 0.827. The maximum Gasteiger partial charge on any atom is 0.0872 e. The minimum absolute atomic E-state index is 0.334. The van der Waals surface area contributed by atoms with Crippen LogP contribution in [0.25, 0.3) is 0 Å². The van der Waals surface area contributed by atoms with E-state index in [-0.39, 0.29) is 0 Å². The van der Waals surface area contributed by atoms with Crippen molar-refractivity contribution in [3.8, 4) is 0 Å². The third-order valence-corrected chi connectivity index (χ3v) is 5.08. The zero-order valence-electron chi connectivity index (χ0n) is 14.1. The highest BCUT2D eigenvalue weighted by Gasteiger charge is 2.23. The van der Waals surface area contributed by atoms with Gasteiger partial charge >= 0.3 is 0 Å². The van der Waals surface area contributed by atoms with E-state index < -0.39 is 0 Å². The minimum atomic E-state index is 0.334. The summed E-state index contributed by atoms with van der Waals surface area (Å²) in [6.07, 6.45) is 5.72.